The summed E-state index contributed by atoms with van der Waals surface area (Å²) in [4.78, 5) is 51.4. The maximum absolute atomic E-state index is 15.0. The van der Waals surface area contributed by atoms with E-state index in [0.29, 0.717) is 5.39 Å². The first-order valence-corrected chi connectivity index (χ1v) is 20.3. The van der Waals surface area contributed by atoms with Gasteiger partial charge in [-0.05, 0) is 133 Å². The molecule has 0 unspecified atom stereocenters. The molecule has 6 aromatic carbocycles. The van der Waals surface area contributed by atoms with Crippen LogP contribution >= 0.6 is 0 Å². The zero-order chi connectivity index (χ0) is 42.4. The molecule has 0 spiro atoms. The fraction of sp³-hybridized carbons (Fsp3) is 0.240. The van der Waals surface area contributed by atoms with E-state index >= 15 is 8.78 Å². The Bertz CT molecular complexity index is 2290. The smallest absolute Gasteiger partial charge is 0.343 e. The minimum absolute atomic E-state index is 0.113. The predicted molar refractivity (Wildman–Crippen MR) is 225 cm³/mol. The first-order chi connectivity index (χ1) is 29.1. The molecule has 0 saturated carbocycles. The number of fused-ring (bicyclic) bond motifs is 1. The van der Waals surface area contributed by atoms with Crippen LogP contribution in [0.1, 0.15) is 118 Å². The highest BCUT2D eigenvalue weighted by Crippen LogP contribution is 2.28. The predicted octanol–water partition coefficient (Wildman–Crippen LogP) is 12.2. The maximum Gasteiger partial charge on any atom is 0.343 e. The molecule has 8 nitrogen and oxygen atoms in total. The summed E-state index contributed by atoms with van der Waals surface area (Å²) in [7, 11) is 0. The van der Waals surface area contributed by atoms with Crippen LogP contribution in [0.5, 0.6) is 23.0 Å². The molecule has 0 radical (unpaired) electrons. The number of carbonyl (C=O) groups excluding carboxylic acids is 4. The molecular weight excluding hydrogens is 767 g/mol. The second-order valence-corrected chi connectivity index (χ2v) is 14.5. The van der Waals surface area contributed by atoms with Crippen LogP contribution in [-0.2, 0) is 12.8 Å². The lowest BCUT2D eigenvalue weighted by Gasteiger charge is -2.10. The van der Waals surface area contributed by atoms with Crippen LogP contribution in [-0.4, -0.2) is 23.9 Å². The van der Waals surface area contributed by atoms with Crippen LogP contribution in [0.4, 0.5) is 8.78 Å². The van der Waals surface area contributed by atoms with Gasteiger partial charge < -0.3 is 18.9 Å². The number of esters is 4. The fourth-order valence-corrected chi connectivity index (χ4v) is 6.53. The second kappa shape index (κ2) is 20.8. The molecule has 0 N–H and O–H groups in total. The Morgan fingerprint density at radius 2 is 0.783 bits per heavy atom. The average Bonchev–Trinajstić information content (AvgIpc) is 3.25. The molecule has 10 heteroatoms. The Labute approximate surface area is 348 Å². The Hall–Kier alpha value is -6.68. The monoisotopic (exact) mass is 812 g/mol. The van der Waals surface area contributed by atoms with E-state index < -0.39 is 35.5 Å². The lowest BCUT2D eigenvalue weighted by molar-refractivity contribution is 0.0714. The van der Waals surface area contributed by atoms with Crippen molar-refractivity contribution in [3.05, 3.63) is 166 Å². The molecule has 0 fully saturated rings. The van der Waals surface area contributed by atoms with Crippen molar-refractivity contribution in [1.82, 2.24) is 0 Å². The third-order valence-corrected chi connectivity index (χ3v) is 9.96. The van der Waals surface area contributed by atoms with E-state index in [1.54, 1.807) is 48.5 Å². The van der Waals surface area contributed by atoms with Crippen LogP contribution in [0.15, 0.2) is 121 Å². The standard InChI is InChI=1S/C50H46F2O8/c1-3-5-7-9-11-33-13-17-36(18-14-33)47(53)59-45-27-23-38(31-43(45)51)49(55)57-41-25-21-35-22-26-42(30-40(35)29-41)58-50(56)39-24-28-46(44(52)32-39)60-48(54)37-19-15-34(16-20-37)12-10-8-6-4-2/h13-32H,3-12H2,1-2H3. The molecule has 0 aliphatic carbocycles. The summed E-state index contributed by atoms with van der Waals surface area (Å²) >= 11 is 0. The molecular formula is C50H46F2O8. The Morgan fingerprint density at radius 3 is 1.17 bits per heavy atom. The normalized spacial score (nSPS) is 10.9. The molecule has 0 bridgehead atoms. The van der Waals surface area contributed by atoms with Crippen molar-refractivity contribution < 1.29 is 46.9 Å². The van der Waals surface area contributed by atoms with Gasteiger partial charge in [-0.1, -0.05) is 88.8 Å². The van der Waals surface area contributed by atoms with Gasteiger partial charge in [-0.2, -0.15) is 0 Å². The molecule has 308 valence electrons. The molecule has 6 aromatic rings. The Kier molecular flexibility index (Phi) is 14.9. The van der Waals surface area contributed by atoms with Gasteiger partial charge in [-0.25, -0.2) is 28.0 Å². The zero-order valence-electron chi connectivity index (χ0n) is 33.6. The van der Waals surface area contributed by atoms with Crippen LogP contribution in [0.25, 0.3) is 10.8 Å². The highest BCUT2D eigenvalue weighted by atomic mass is 19.1. The summed E-state index contributed by atoms with van der Waals surface area (Å²) in [5.74, 6) is -5.40. The summed E-state index contributed by atoms with van der Waals surface area (Å²) in [6.45, 7) is 4.31. The number of halogens is 2. The lowest BCUT2D eigenvalue weighted by Crippen LogP contribution is -2.12. The van der Waals surface area contributed by atoms with Crippen molar-refractivity contribution in [1.29, 1.82) is 0 Å². The van der Waals surface area contributed by atoms with Crippen molar-refractivity contribution in [2.24, 2.45) is 0 Å². The molecule has 0 saturated heterocycles. The lowest BCUT2D eigenvalue weighted by atomic mass is 10.0. The molecule has 0 aromatic heterocycles. The minimum atomic E-state index is -0.917. The summed E-state index contributed by atoms with van der Waals surface area (Å²) in [5, 5.41) is 1.27. The van der Waals surface area contributed by atoms with E-state index in [9.17, 15) is 19.2 Å². The highest BCUT2D eigenvalue weighted by Gasteiger charge is 2.19. The molecule has 0 aliphatic rings. The molecule has 0 aliphatic heterocycles. The first-order valence-electron chi connectivity index (χ1n) is 20.3. The van der Waals surface area contributed by atoms with E-state index in [2.05, 4.69) is 13.8 Å². The van der Waals surface area contributed by atoms with Gasteiger partial charge in [0.25, 0.3) is 0 Å². The van der Waals surface area contributed by atoms with Gasteiger partial charge in [0, 0.05) is 0 Å². The topological polar surface area (TPSA) is 105 Å². The number of rotatable bonds is 18. The van der Waals surface area contributed by atoms with E-state index in [1.807, 2.05) is 24.3 Å². The fourth-order valence-electron chi connectivity index (χ4n) is 6.53. The molecule has 0 heterocycles. The second-order valence-electron chi connectivity index (χ2n) is 14.5. The summed E-state index contributed by atoms with van der Waals surface area (Å²) in [6.07, 6.45) is 10.9. The van der Waals surface area contributed by atoms with Gasteiger partial charge >= 0.3 is 23.9 Å². The van der Waals surface area contributed by atoms with E-state index in [0.717, 1.165) is 80.0 Å². The van der Waals surface area contributed by atoms with Gasteiger partial charge in [0.15, 0.2) is 23.1 Å². The third kappa shape index (κ3) is 11.7. The number of carbonyl (C=O) groups is 4. The van der Waals surface area contributed by atoms with Gasteiger partial charge in [0.05, 0.1) is 22.3 Å². The van der Waals surface area contributed by atoms with Gasteiger partial charge in [-0.15, -0.1) is 0 Å². The number of aryl methyl sites for hydroxylation is 2. The van der Waals surface area contributed by atoms with E-state index in [4.69, 9.17) is 18.9 Å². The SMILES string of the molecule is CCCCCCc1ccc(C(=O)Oc2ccc(C(=O)Oc3ccc4ccc(OC(=O)c5ccc(OC(=O)c6ccc(CCCCCC)cc6)c(F)c5)cc4c3)cc2F)cc1. The third-order valence-electron chi connectivity index (χ3n) is 9.96. The zero-order valence-corrected chi connectivity index (χ0v) is 33.6. The number of hydrogen-bond acceptors (Lipinski definition) is 8. The number of hydrogen-bond donors (Lipinski definition) is 0. The van der Waals surface area contributed by atoms with Gasteiger partial charge in [-0.3, -0.25) is 0 Å². The Balaban J connectivity index is 1.03. The maximum atomic E-state index is 15.0. The number of unbranched alkanes of at least 4 members (excludes halogenated alkanes) is 6. The van der Waals surface area contributed by atoms with Gasteiger partial charge in [0.2, 0.25) is 0 Å². The quantitative estimate of drug-likeness (QED) is 0.0480. The van der Waals surface area contributed by atoms with E-state index in [-0.39, 0.29) is 45.3 Å². The van der Waals surface area contributed by atoms with Crippen LogP contribution in [0, 0.1) is 11.6 Å². The van der Waals surface area contributed by atoms with Crippen LogP contribution < -0.4 is 18.9 Å². The first kappa shape index (κ1) is 42.9. The number of ether oxygens (including phenoxy) is 4. The highest BCUT2D eigenvalue weighted by molar-refractivity contribution is 5.95. The average molecular weight is 813 g/mol. The Morgan fingerprint density at radius 1 is 0.400 bits per heavy atom. The van der Waals surface area contributed by atoms with Crippen LogP contribution in [0.2, 0.25) is 0 Å². The van der Waals surface area contributed by atoms with Crippen molar-refractivity contribution in [3.63, 3.8) is 0 Å². The molecule has 0 atom stereocenters. The minimum Gasteiger partial charge on any atom is -0.423 e. The molecule has 0 amide bonds. The van der Waals surface area contributed by atoms with Crippen molar-refractivity contribution in [3.8, 4) is 23.0 Å². The summed E-state index contributed by atoms with van der Waals surface area (Å²) in [6, 6.07) is 30.4. The largest absolute Gasteiger partial charge is 0.423 e. The molecule has 60 heavy (non-hydrogen) atoms. The van der Waals surface area contributed by atoms with Crippen molar-refractivity contribution in [2.45, 2.75) is 78.1 Å². The molecule has 6 rings (SSSR count). The summed E-state index contributed by atoms with van der Waals surface area (Å²) < 4.78 is 51.6. The number of benzene rings is 6. The van der Waals surface area contributed by atoms with Crippen molar-refractivity contribution in [2.75, 3.05) is 0 Å². The van der Waals surface area contributed by atoms with Crippen molar-refractivity contribution >= 4 is 34.6 Å². The van der Waals surface area contributed by atoms with Gasteiger partial charge in [0.1, 0.15) is 11.5 Å². The van der Waals surface area contributed by atoms with E-state index in [1.165, 1.54) is 49.2 Å². The van der Waals surface area contributed by atoms with Crippen LogP contribution in [0.3, 0.4) is 0 Å². The summed E-state index contributed by atoms with van der Waals surface area (Å²) in [5.41, 5.74) is 2.54.